The molecule has 126 valence electrons. The Kier molecular flexibility index (Phi) is 6.57. The molecular weight excluding hydrogens is 438 g/mol. The largest absolute Gasteiger partial charge is 0.484 e. The summed E-state index contributed by atoms with van der Waals surface area (Å²) in [7, 11) is 0. The van der Waals surface area contributed by atoms with Gasteiger partial charge in [0.05, 0.1) is 10.5 Å². The molecule has 0 unspecified atom stereocenters. The summed E-state index contributed by atoms with van der Waals surface area (Å²) in [5.74, 6) is 0.419. The molecule has 1 atom stereocenters. The highest BCUT2D eigenvalue weighted by Crippen LogP contribution is 2.28. The van der Waals surface area contributed by atoms with Gasteiger partial charge in [0.2, 0.25) is 5.91 Å². The van der Waals surface area contributed by atoms with Crippen LogP contribution in [0.5, 0.6) is 5.75 Å². The summed E-state index contributed by atoms with van der Waals surface area (Å²) in [6, 6.07) is 12.6. The second-order valence-corrected chi connectivity index (χ2v) is 7.10. The Morgan fingerprint density at radius 2 is 1.79 bits per heavy atom. The number of nitrogens with one attached hydrogen (secondary N) is 1. The van der Waals surface area contributed by atoms with Crippen LogP contribution in [0, 0.1) is 0 Å². The number of ketones is 1. The molecule has 0 spiro atoms. The van der Waals surface area contributed by atoms with Gasteiger partial charge < -0.3 is 10.1 Å². The molecule has 2 aromatic rings. The van der Waals surface area contributed by atoms with E-state index in [0.717, 1.165) is 14.5 Å². The van der Waals surface area contributed by atoms with Crippen LogP contribution in [0.4, 0.5) is 0 Å². The van der Waals surface area contributed by atoms with Gasteiger partial charge in [-0.25, -0.2) is 0 Å². The number of carbonyl (C=O) groups is 2. The minimum atomic E-state index is -0.108. The zero-order valence-electron chi connectivity index (χ0n) is 13.3. The smallest absolute Gasteiger partial charge is 0.217 e. The average molecular weight is 455 g/mol. The molecule has 0 radical (unpaired) electrons. The summed E-state index contributed by atoms with van der Waals surface area (Å²) in [6.45, 7) is 3.33. The van der Waals surface area contributed by atoms with Crippen molar-refractivity contribution < 1.29 is 14.3 Å². The van der Waals surface area contributed by atoms with E-state index in [-0.39, 0.29) is 24.3 Å². The first kappa shape index (κ1) is 18.7. The van der Waals surface area contributed by atoms with Crippen molar-refractivity contribution in [1.82, 2.24) is 5.32 Å². The topological polar surface area (TPSA) is 55.4 Å². The van der Waals surface area contributed by atoms with E-state index in [9.17, 15) is 9.59 Å². The van der Waals surface area contributed by atoms with Crippen LogP contribution in [0.2, 0.25) is 0 Å². The van der Waals surface area contributed by atoms with Crippen molar-refractivity contribution in [2.45, 2.75) is 19.9 Å². The number of benzene rings is 2. The van der Waals surface area contributed by atoms with Gasteiger partial charge in [0, 0.05) is 17.0 Å². The summed E-state index contributed by atoms with van der Waals surface area (Å²) in [5.41, 5.74) is 1.51. The maximum absolute atomic E-state index is 12.2. The van der Waals surface area contributed by atoms with E-state index in [1.807, 2.05) is 31.2 Å². The molecule has 0 aromatic heterocycles. The highest BCUT2D eigenvalue weighted by atomic mass is 79.9. The molecule has 24 heavy (non-hydrogen) atoms. The molecule has 1 N–H and O–H groups in total. The van der Waals surface area contributed by atoms with Gasteiger partial charge >= 0.3 is 0 Å². The molecule has 0 aliphatic rings. The molecule has 4 nitrogen and oxygen atoms in total. The summed E-state index contributed by atoms with van der Waals surface area (Å²) < 4.78 is 7.27. The van der Waals surface area contributed by atoms with Crippen LogP contribution in [0.25, 0.3) is 0 Å². The summed E-state index contributed by atoms with van der Waals surface area (Å²) in [6.07, 6.45) is 0. The molecular formula is C18H17Br2NO3. The lowest BCUT2D eigenvalue weighted by atomic mass is 10.0. The molecule has 2 rings (SSSR count). The fourth-order valence-electron chi connectivity index (χ4n) is 2.16. The van der Waals surface area contributed by atoms with Gasteiger partial charge in [-0.2, -0.15) is 0 Å². The lowest BCUT2D eigenvalue weighted by Crippen LogP contribution is -2.23. The molecule has 2 aromatic carbocycles. The van der Waals surface area contributed by atoms with Gasteiger partial charge in [-0.1, -0.05) is 40.2 Å². The molecule has 0 saturated heterocycles. The van der Waals surface area contributed by atoms with Crippen molar-refractivity contribution in [3.8, 4) is 5.75 Å². The van der Waals surface area contributed by atoms with E-state index in [0.29, 0.717) is 11.3 Å². The molecule has 0 fully saturated rings. The highest BCUT2D eigenvalue weighted by Gasteiger charge is 2.11. The zero-order valence-corrected chi connectivity index (χ0v) is 16.5. The van der Waals surface area contributed by atoms with Crippen LogP contribution in [0.1, 0.15) is 35.8 Å². The van der Waals surface area contributed by atoms with Gasteiger partial charge in [0.1, 0.15) is 5.75 Å². The van der Waals surface area contributed by atoms with Crippen LogP contribution in [0.3, 0.4) is 0 Å². The standard InChI is InChI=1S/C18H17Br2NO3/c1-11(21-12(2)22)13-3-5-14(6-4-13)17(23)10-24-18-8-7-15(19)9-16(18)20/h3-9,11H,10H2,1-2H3,(H,21,22)/t11-/m0/s1. The third-order valence-corrected chi connectivity index (χ3v) is 4.52. The number of ether oxygens (including phenoxy) is 1. The lowest BCUT2D eigenvalue weighted by molar-refractivity contribution is -0.119. The molecule has 0 aliphatic carbocycles. The van der Waals surface area contributed by atoms with E-state index < -0.39 is 0 Å². The molecule has 1 amide bonds. The third kappa shape index (κ3) is 5.18. The lowest BCUT2D eigenvalue weighted by Gasteiger charge is -2.13. The predicted octanol–water partition coefficient (Wildman–Crippen LogP) is 4.67. The van der Waals surface area contributed by atoms with E-state index >= 15 is 0 Å². The molecule has 0 bridgehead atoms. The van der Waals surface area contributed by atoms with E-state index in [4.69, 9.17) is 4.74 Å². The minimum absolute atomic E-state index is 0.0408. The first-order valence-corrected chi connectivity index (χ1v) is 8.93. The SMILES string of the molecule is CC(=O)N[C@@H](C)c1ccc(C(=O)COc2ccc(Br)cc2Br)cc1. The van der Waals surface area contributed by atoms with Crippen LogP contribution in [0.15, 0.2) is 51.4 Å². The van der Waals surface area contributed by atoms with E-state index in [1.165, 1.54) is 6.92 Å². The fourth-order valence-corrected chi connectivity index (χ4v) is 3.33. The maximum Gasteiger partial charge on any atom is 0.217 e. The Hall–Kier alpha value is -1.66. The number of Topliss-reactive ketones (excluding diaryl/α,β-unsaturated/α-hetero) is 1. The molecule has 6 heteroatoms. The first-order valence-electron chi connectivity index (χ1n) is 7.35. The van der Waals surface area contributed by atoms with Crippen molar-refractivity contribution in [3.05, 3.63) is 62.5 Å². The van der Waals surface area contributed by atoms with Crippen molar-refractivity contribution in [1.29, 1.82) is 0 Å². The number of halogens is 2. The first-order chi connectivity index (χ1) is 11.4. The normalized spacial score (nSPS) is 11.7. The number of hydrogen-bond acceptors (Lipinski definition) is 3. The molecule has 0 heterocycles. The Bertz CT molecular complexity index is 744. The van der Waals surface area contributed by atoms with Crippen molar-refractivity contribution >= 4 is 43.6 Å². The fraction of sp³-hybridized carbons (Fsp3) is 0.222. The van der Waals surface area contributed by atoms with Crippen molar-refractivity contribution in [3.63, 3.8) is 0 Å². The Balaban J connectivity index is 1.98. The highest BCUT2D eigenvalue weighted by molar-refractivity contribution is 9.11. The van der Waals surface area contributed by atoms with Crippen molar-refractivity contribution in [2.24, 2.45) is 0 Å². The van der Waals surface area contributed by atoms with Gasteiger partial charge in [-0.05, 0) is 46.6 Å². The van der Waals surface area contributed by atoms with Gasteiger partial charge in [-0.15, -0.1) is 0 Å². The average Bonchev–Trinajstić information content (AvgIpc) is 2.53. The van der Waals surface area contributed by atoms with Crippen molar-refractivity contribution in [2.75, 3.05) is 6.61 Å². The summed E-state index contributed by atoms with van der Waals surface area (Å²) >= 11 is 6.77. The van der Waals surface area contributed by atoms with E-state index in [2.05, 4.69) is 37.2 Å². The Morgan fingerprint density at radius 1 is 1.12 bits per heavy atom. The number of rotatable bonds is 6. The van der Waals surface area contributed by atoms with Crippen LogP contribution >= 0.6 is 31.9 Å². The monoisotopic (exact) mass is 453 g/mol. The van der Waals surface area contributed by atoms with Gasteiger partial charge in [0.15, 0.2) is 12.4 Å². The Morgan fingerprint density at radius 3 is 2.38 bits per heavy atom. The van der Waals surface area contributed by atoms with Crippen LogP contribution in [-0.2, 0) is 4.79 Å². The predicted molar refractivity (Wildman–Crippen MR) is 100 cm³/mol. The third-order valence-electron chi connectivity index (χ3n) is 3.41. The van der Waals surface area contributed by atoms with E-state index in [1.54, 1.807) is 18.2 Å². The van der Waals surface area contributed by atoms with Gasteiger partial charge in [0.25, 0.3) is 0 Å². The minimum Gasteiger partial charge on any atom is -0.484 e. The summed E-state index contributed by atoms with van der Waals surface area (Å²) in [5, 5.41) is 2.81. The summed E-state index contributed by atoms with van der Waals surface area (Å²) in [4.78, 5) is 23.3. The van der Waals surface area contributed by atoms with Crippen LogP contribution < -0.4 is 10.1 Å². The molecule has 0 saturated carbocycles. The molecule has 0 aliphatic heterocycles. The second kappa shape index (κ2) is 8.44. The zero-order chi connectivity index (χ0) is 17.7. The Labute approximate surface area is 157 Å². The van der Waals surface area contributed by atoms with Crippen LogP contribution in [-0.4, -0.2) is 18.3 Å². The quantitative estimate of drug-likeness (QED) is 0.645. The number of amides is 1. The number of hydrogen-bond donors (Lipinski definition) is 1. The number of carbonyl (C=O) groups excluding carboxylic acids is 2. The van der Waals surface area contributed by atoms with Gasteiger partial charge in [-0.3, -0.25) is 9.59 Å². The maximum atomic E-state index is 12.2. The second-order valence-electron chi connectivity index (χ2n) is 5.33.